The maximum Gasteiger partial charge on any atom is 0.416 e. The molecule has 1 fully saturated rings. The van der Waals surface area contributed by atoms with E-state index in [1.807, 2.05) is 18.7 Å². The number of hydrogen-bond acceptors (Lipinski definition) is 3. The van der Waals surface area contributed by atoms with Gasteiger partial charge in [0.15, 0.2) is 0 Å². The molecule has 0 saturated carbocycles. The predicted octanol–water partition coefficient (Wildman–Crippen LogP) is 2.52. The lowest BCUT2D eigenvalue weighted by Crippen LogP contribution is -2.54. The third-order valence-corrected chi connectivity index (χ3v) is 4.61. The van der Waals surface area contributed by atoms with Gasteiger partial charge in [-0.2, -0.15) is 13.2 Å². The van der Waals surface area contributed by atoms with E-state index < -0.39 is 17.6 Å². The first-order valence-electron chi connectivity index (χ1n) is 8.09. The van der Waals surface area contributed by atoms with E-state index in [1.54, 1.807) is 0 Å². The van der Waals surface area contributed by atoms with Crippen molar-refractivity contribution in [3.05, 3.63) is 35.1 Å². The largest absolute Gasteiger partial charge is 0.416 e. The number of halogens is 4. The lowest BCUT2D eigenvalue weighted by atomic mass is 9.80. The van der Waals surface area contributed by atoms with E-state index in [0.29, 0.717) is 19.2 Å². The summed E-state index contributed by atoms with van der Waals surface area (Å²) in [6, 6.07) is 2.49. The Morgan fingerprint density at radius 2 is 2.08 bits per heavy atom. The molecule has 3 N–H and O–H groups in total. The molecular weight excluding hydrogens is 338 g/mol. The highest BCUT2D eigenvalue weighted by atomic mass is 19.4. The Balaban J connectivity index is 1.95. The van der Waals surface area contributed by atoms with Crippen LogP contribution in [0.15, 0.2) is 18.2 Å². The summed E-state index contributed by atoms with van der Waals surface area (Å²) in [6.45, 7) is 5.16. The summed E-state index contributed by atoms with van der Waals surface area (Å²) in [5, 5.41) is 2.48. The van der Waals surface area contributed by atoms with Crippen molar-refractivity contribution in [3.63, 3.8) is 0 Å². The molecule has 1 aromatic carbocycles. The normalized spacial score (nSPS) is 21.2. The second-order valence-electron chi connectivity index (χ2n) is 7.17. The molecule has 4 nitrogen and oxygen atoms in total. The number of rotatable bonds is 4. The van der Waals surface area contributed by atoms with Crippen LogP contribution in [0.2, 0.25) is 0 Å². The summed E-state index contributed by atoms with van der Waals surface area (Å²) in [6.07, 6.45) is -3.91. The lowest BCUT2D eigenvalue weighted by molar-refractivity contribution is -0.138. The topological polar surface area (TPSA) is 58.4 Å². The Labute approximate surface area is 144 Å². The summed E-state index contributed by atoms with van der Waals surface area (Å²) >= 11 is 0. The molecule has 140 valence electrons. The molecule has 1 heterocycles. The highest BCUT2D eigenvalue weighted by Crippen LogP contribution is 2.32. The second-order valence-corrected chi connectivity index (χ2v) is 7.17. The Morgan fingerprint density at radius 3 is 2.68 bits per heavy atom. The number of amides is 1. The molecular formula is C17H23F4N3O. The molecule has 1 atom stereocenters. The molecule has 0 spiro atoms. The molecule has 8 heteroatoms. The number of piperidine rings is 1. The van der Waals surface area contributed by atoms with Crippen LogP contribution in [0.5, 0.6) is 0 Å². The van der Waals surface area contributed by atoms with Gasteiger partial charge in [0.1, 0.15) is 5.82 Å². The van der Waals surface area contributed by atoms with Crippen molar-refractivity contribution >= 4 is 5.91 Å². The fraction of sp³-hybridized carbons (Fsp3) is 0.588. The van der Waals surface area contributed by atoms with Crippen LogP contribution in [0.4, 0.5) is 17.6 Å². The zero-order valence-corrected chi connectivity index (χ0v) is 14.3. The third-order valence-electron chi connectivity index (χ3n) is 4.61. The number of nitrogens with two attached hydrogens (primary N) is 1. The van der Waals surface area contributed by atoms with Gasteiger partial charge in [-0.05, 0) is 29.5 Å². The highest BCUT2D eigenvalue weighted by Gasteiger charge is 2.35. The van der Waals surface area contributed by atoms with Gasteiger partial charge in [0.05, 0.1) is 12.1 Å². The van der Waals surface area contributed by atoms with Crippen molar-refractivity contribution in [2.45, 2.75) is 39.0 Å². The van der Waals surface area contributed by atoms with Crippen molar-refractivity contribution < 1.29 is 22.4 Å². The summed E-state index contributed by atoms with van der Waals surface area (Å²) in [4.78, 5) is 14.0. The maximum atomic E-state index is 13.1. The van der Waals surface area contributed by atoms with Crippen LogP contribution < -0.4 is 11.1 Å². The summed E-state index contributed by atoms with van der Waals surface area (Å²) < 4.78 is 51.9. The van der Waals surface area contributed by atoms with Crippen LogP contribution >= 0.6 is 0 Å². The first kappa shape index (κ1) is 19.7. The highest BCUT2D eigenvalue weighted by molar-refractivity contribution is 5.78. The third kappa shape index (κ3) is 5.15. The van der Waals surface area contributed by atoms with Crippen LogP contribution in [-0.4, -0.2) is 36.5 Å². The molecule has 1 aliphatic heterocycles. The molecule has 1 saturated heterocycles. The standard InChI is InChI=1S/C17H23F4N3O/c1-16(2)10-24(6-5-14(16)22)9-15(25)23-8-11-3-4-12(18)7-13(11)17(19,20)21/h3-4,7,14H,5-6,8-10,22H2,1-2H3,(H,23,25). The number of benzene rings is 1. The van der Waals surface area contributed by atoms with Crippen LogP contribution in [0.1, 0.15) is 31.4 Å². The van der Waals surface area contributed by atoms with E-state index in [9.17, 15) is 22.4 Å². The van der Waals surface area contributed by atoms with Crippen molar-refractivity contribution in [1.29, 1.82) is 0 Å². The van der Waals surface area contributed by atoms with Crippen molar-refractivity contribution in [2.24, 2.45) is 11.1 Å². The molecule has 0 radical (unpaired) electrons. The smallest absolute Gasteiger partial charge is 0.351 e. The number of likely N-dealkylation sites (tertiary alicyclic amines) is 1. The van der Waals surface area contributed by atoms with Gasteiger partial charge in [-0.1, -0.05) is 19.9 Å². The van der Waals surface area contributed by atoms with Gasteiger partial charge in [-0.25, -0.2) is 4.39 Å². The van der Waals surface area contributed by atoms with Crippen molar-refractivity contribution in [3.8, 4) is 0 Å². The summed E-state index contributed by atoms with van der Waals surface area (Å²) in [5.74, 6) is -1.34. The van der Waals surface area contributed by atoms with Crippen molar-refractivity contribution in [1.82, 2.24) is 10.2 Å². The number of carbonyl (C=O) groups is 1. The number of nitrogens with zero attached hydrogens (tertiary/aromatic N) is 1. The summed E-state index contributed by atoms with van der Waals surface area (Å²) in [7, 11) is 0. The summed E-state index contributed by atoms with van der Waals surface area (Å²) in [5.41, 5.74) is 4.68. The van der Waals surface area contributed by atoms with Crippen LogP contribution in [0, 0.1) is 11.2 Å². The fourth-order valence-corrected chi connectivity index (χ4v) is 3.04. The van der Waals surface area contributed by atoms with E-state index in [1.165, 1.54) is 0 Å². The average molecular weight is 361 g/mol. The molecule has 1 unspecified atom stereocenters. The minimum Gasteiger partial charge on any atom is -0.351 e. The fourth-order valence-electron chi connectivity index (χ4n) is 3.04. The number of nitrogens with one attached hydrogen (secondary N) is 1. The first-order valence-corrected chi connectivity index (χ1v) is 8.09. The van der Waals surface area contributed by atoms with E-state index in [-0.39, 0.29) is 36.0 Å². The first-order chi connectivity index (χ1) is 11.5. The molecule has 1 aliphatic rings. The van der Waals surface area contributed by atoms with Gasteiger partial charge in [0.2, 0.25) is 5.91 Å². The van der Waals surface area contributed by atoms with Gasteiger partial charge < -0.3 is 11.1 Å². The van der Waals surface area contributed by atoms with E-state index in [0.717, 1.165) is 18.6 Å². The van der Waals surface area contributed by atoms with Gasteiger partial charge >= 0.3 is 6.18 Å². The molecule has 0 bridgehead atoms. The molecule has 1 aromatic rings. The molecule has 0 aromatic heterocycles. The minimum absolute atomic E-state index is 0.0559. The lowest BCUT2D eigenvalue weighted by Gasteiger charge is -2.42. The maximum absolute atomic E-state index is 13.1. The Morgan fingerprint density at radius 1 is 1.40 bits per heavy atom. The number of alkyl halides is 3. The second kappa shape index (κ2) is 7.29. The van der Waals surface area contributed by atoms with Gasteiger partial charge in [0.25, 0.3) is 0 Å². The Kier molecular flexibility index (Phi) is 5.73. The van der Waals surface area contributed by atoms with Gasteiger partial charge in [-0.3, -0.25) is 9.69 Å². The minimum atomic E-state index is -4.67. The SMILES string of the molecule is CC1(C)CN(CC(=O)NCc2ccc(F)cc2C(F)(F)F)CCC1N. The average Bonchev–Trinajstić information content (AvgIpc) is 2.48. The van der Waals surface area contributed by atoms with Crippen LogP contribution in [0.3, 0.4) is 0 Å². The van der Waals surface area contributed by atoms with Crippen LogP contribution in [-0.2, 0) is 17.5 Å². The van der Waals surface area contributed by atoms with E-state index in [2.05, 4.69) is 5.32 Å². The van der Waals surface area contributed by atoms with E-state index >= 15 is 0 Å². The Bertz CT molecular complexity index is 631. The molecule has 2 rings (SSSR count). The molecule has 1 amide bonds. The molecule has 25 heavy (non-hydrogen) atoms. The van der Waals surface area contributed by atoms with Gasteiger partial charge in [0, 0.05) is 25.7 Å². The number of hydrogen-bond donors (Lipinski definition) is 2. The molecule has 0 aliphatic carbocycles. The number of carbonyl (C=O) groups excluding carboxylic acids is 1. The van der Waals surface area contributed by atoms with E-state index in [4.69, 9.17) is 5.73 Å². The zero-order chi connectivity index (χ0) is 18.8. The quantitative estimate of drug-likeness (QED) is 0.811. The monoisotopic (exact) mass is 361 g/mol. The van der Waals surface area contributed by atoms with Crippen molar-refractivity contribution in [2.75, 3.05) is 19.6 Å². The van der Waals surface area contributed by atoms with Gasteiger partial charge in [-0.15, -0.1) is 0 Å². The predicted molar refractivity (Wildman–Crippen MR) is 86.1 cm³/mol. The Hall–Kier alpha value is -1.67. The zero-order valence-electron chi connectivity index (χ0n) is 14.3. The van der Waals surface area contributed by atoms with Crippen LogP contribution in [0.25, 0.3) is 0 Å².